The number of hydrogen-bond acceptors (Lipinski definition) is 3. The van der Waals surface area contributed by atoms with Crippen LogP contribution in [0.2, 0.25) is 5.02 Å². The number of benzene rings is 1. The molecule has 1 aromatic carbocycles. The molecule has 1 heterocycles. The third-order valence-electron chi connectivity index (χ3n) is 4.31. The van der Waals surface area contributed by atoms with Crippen LogP contribution in [-0.4, -0.2) is 66.7 Å². The minimum Gasteiger partial charge on any atom is -0.396 e. The first kappa shape index (κ1) is 23.4. The molecule has 1 saturated heterocycles. The van der Waals surface area contributed by atoms with Crippen LogP contribution < -0.4 is 5.32 Å². The molecule has 1 fully saturated rings. The van der Waals surface area contributed by atoms with Gasteiger partial charge in [0.15, 0.2) is 5.96 Å². The maximum atomic E-state index is 13.9. The monoisotopic (exact) mass is 498 g/mol. The summed E-state index contributed by atoms with van der Waals surface area (Å²) in [4.78, 5) is 9.04. The van der Waals surface area contributed by atoms with E-state index in [9.17, 15) is 4.39 Å². The molecule has 0 saturated carbocycles. The summed E-state index contributed by atoms with van der Waals surface area (Å²) in [5, 5.41) is 12.9. The van der Waals surface area contributed by atoms with Crippen molar-refractivity contribution in [1.82, 2.24) is 15.1 Å². The second-order valence-electron chi connectivity index (χ2n) is 6.45. The Bertz CT molecular complexity index is 562. The predicted molar refractivity (Wildman–Crippen MR) is 116 cm³/mol. The van der Waals surface area contributed by atoms with Crippen LogP contribution in [0.1, 0.15) is 19.4 Å². The molecule has 0 radical (unpaired) electrons. The topological polar surface area (TPSA) is 51.1 Å². The Morgan fingerprint density at radius 2 is 2.04 bits per heavy atom. The van der Waals surface area contributed by atoms with Crippen molar-refractivity contribution in [3.63, 3.8) is 0 Å². The van der Waals surface area contributed by atoms with Crippen LogP contribution in [-0.2, 0) is 6.54 Å². The Balaban J connectivity index is 0.00000338. The standard InChI is InChI=1S/C18H28ClFN4O.HI/c1-3-21-18(22-11-14(2)13-25)24-9-7-23(8-10-24)12-15-16(19)5-4-6-17(15)20;/h4-6,14,25H,3,7-13H2,1-2H3,(H,21,22);1H. The van der Waals surface area contributed by atoms with Crippen molar-refractivity contribution in [1.29, 1.82) is 0 Å². The Morgan fingerprint density at radius 1 is 1.35 bits per heavy atom. The van der Waals surface area contributed by atoms with Gasteiger partial charge in [-0.2, -0.15) is 0 Å². The summed E-state index contributed by atoms with van der Waals surface area (Å²) in [5.41, 5.74) is 0.565. The first-order valence-electron chi connectivity index (χ1n) is 8.84. The molecule has 0 bridgehead atoms. The Kier molecular flexibility index (Phi) is 10.7. The minimum absolute atomic E-state index is 0. The number of nitrogens with one attached hydrogen (secondary N) is 1. The van der Waals surface area contributed by atoms with Gasteiger partial charge in [0.05, 0.1) is 0 Å². The van der Waals surface area contributed by atoms with Crippen LogP contribution in [0.4, 0.5) is 4.39 Å². The van der Waals surface area contributed by atoms with E-state index in [1.54, 1.807) is 12.1 Å². The normalized spacial score (nSPS) is 17.0. The molecule has 2 N–H and O–H groups in total. The molecule has 1 aliphatic heterocycles. The average molecular weight is 499 g/mol. The lowest BCUT2D eigenvalue weighted by atomic mass is 10.2. The predicted octanol–water partition coefficient (Wildman–Crippen LogP) is 2.81. The molecule has 0 aromatic heterocycles. The minimum atomic E-state index is -0.247. The summed E-state index contributed by atoms with van der Waals surface area (Å²) in [5.74, 6) is 0.785. The third kappa shape index (κ3) is 6.83. The van der Waals surface area contributed by atoms with E-state index < -0.39 is 0 Å². The van der Waals surface area contributed by atoms with Gasteiger partial charge in [-0.1, -0.05) is 24.6 Å². The van der Waals surface area contributed by atoms with Crippen molar-refractivity contribution < 1.29 is 9.50 Å². The lowest BCUT2D eigenvalue weighted by molar-refractivity contribution is 0.170. The lowest BCUT2D eigenvalue weighted by Crippen LogP contribution is -2.52. The maximum Gasteiger partial charge on any atom is 0.194 e. The SMILES string of the molecule is CCNC(=NCC(C)CO)N1CCN(Cc2c(F)cccc2Cl)CC1.I. The van der Waals surface area contributed by atoms with Crippen molar-refractivity contribution in [2.45, 2.75) is 20.4 Å². The van der Waals surface area contributed by atoms with Gasteiger partial charge in [0, 0.05) is 63.0 Å². The Hall–Kier alpha value is -0.640. The quantitative estimate of drug-likeness (QED) is 0.360. The van der Waals surface area contributed by atoms with Gasteiger partial charge in [0.2, 0.25) is 0 Å². The van der Waals surface area contributed by atoms with E-state index in [4.69, 9.17) is 16.7 Å². The van der Waals surface area contributed by atoms with Crippen molar-refractivity contribution in [2.24, 2.45) is 10.9 Å². The van der Waals surface area contributed by atoms with E-state index in [-0.39, 0.29) is 42.3 Å². The molecule has 0 amide bonds. The van der Waals surface area contributed by atoms with E-state index in [1.807, 2.05) is 13.8 Å². The van der Waals surface area contributed by atoms with Gasteiger partial charge in [-0.25, -0.2) is 4.39 Å². The first-order chi connectivity index (χ1) is 12.0. The number of rotatable bonds is 6. The van der Waals surface area contributed by atoms with Gasteiger partial charge in [-0.05, 0) is 25.0 Å². The summed E-state index contributed by atoms with van der Waals surface area (Å²) in [7, 11) is 0. The lowest BCUT2D eigenvalue weighted by Gasteiger charge is -2.36. The third-order valence-corrected chi connectivity index (χ3v) is 4.67. The number of hydrogen-bond donors (Lipinski definition) is 2. The zero-order valence-corrected chi connectivity index (χ0v) is 18.5. The summed E-state index contributed by atoms with van der Waals surface area (Å²) < 4.78 is 13.9. The smallest absolute Gasteiger partial charge is 0.194 e. The van der Waals surface area contributed by atoms with Gasteiger partial charge in [0.1, 0.15) is 5.82 Å². The number of halogens is 3. The highest BCUT2D eigenvalue weighted by atomic mass is 127. The van der Waals surface area contributed by atoms with Crippen LogP contribution >= 0.6 is 35.6 Å². The largest absolute Gasteiger partial charge is 0.396 e. The van der Waals surface area contributed by atoms with Crippen molar-refractivity contribution in [3.05, 3.63) is 34.6 Å². The van der Waals surface area contributed by atoms with Crippen molar-refractivity contribution >= 4 is 41.5 Å². The number of piperazine rings is 1. The fourth-order valence-corrected chi connectivity index (χ4v) is 2.97. The molecule has 1 aromatic rings. The summed E-state index contributed by atoms with van der Waals surface area (Å²) in [6, 6.07) is 4.82. The number of aliphatic hydroxyl groups excluding tert-OH is 1. The van der Waals surface area contributed by atoms with Gasteiger partial charge < -0.3 is 15.3 Å². The second kappa shape index (κ2) is 11.9. The fraction of sp³-hybridized carbons (Fsp3) is 0.611. The zero-order valence-electron chi connectivity index (χ0n) is 15.4. The molecular formula is C18H29ClFIN4O. The van der Waals surface area contributed by atoms with Crippen LogP contribution in [0, 0.1) is 11.7 Å². The summed E-state index contributed by atoms with van der Waals surface area (Å²) >= 11 is 6.13. The molecule has 0 spiro atoms. The van der Waals surface area contributed by atoms with Crippen LogP contribution in [0.3, 0.4) is 0 Å². The number of guanidine groups is 1. The Morgan fingerprint density at radius 3 is 2.62 bits per heavy atom. The summed E-state index contributed by atoms with van der Waals surface area (Å²) in [6.07, 6.45) is 0. The van der Waals surface area contributed by atoms with Crippen LogP contribution in [0.25, 0.3) is 0 Å². The second-order valence-corrected chi connectivity index (χ2v) is 6.85. The Labute approximate surface area is 177 Å². The molecule has 0 aliphatic carbocycles. The summed E-state index contributed by atoms with van der Waals surface area (Å²) in [6.45, 7) is 9.38. The van der Waals surface area contributed by atoms with Crippen LogP contribution in [0.5, 0.6) is 0 Å². The highest BCUT2D eigenvalue weighted by Crippen LogP contribution is 2.21. The first-order valence-corrected chi connectivity index (χ1v) is 9.22. The molecule has 8 heteroatoms. The molecule has 5 nitrogen and oxygen atoms in total. The highest BCUT2D eigenvalue weighted by molar-refractivity contribution is 14.0. The molecule has 1 atom stereocenters. The molecular weight excluding hydrogens is 470 g/mol. The van der Waals surface area contributed by atoms with E-state index in [2.05, 4.69) is 20.1 Å². The molecule has 26 heavy (non-hydrogen) atoms. The van der Waals surface area contributed by atoms with E-state index >= 15 is 0 Å². The van der Waals surface area contributed by atoms with E-state index in [0.29, 0.717) is 23.7 Å². The fourth-order valence-electron chi connectivity index (χ4n) is 2.75. The van der Waals surface area contributed by atoms with E-state index in [1.165, 1.54) is 6.07 Å². The number of aliphatic hydroxyl groups is 1. The zero-order chi connectivity index (χ0) is 18.2. The van der Waals surface area contributed by atoms with Gasteiger partial charge >= 0.3 is 0 Å². The van der Waals surface area contributed by atoms with E-state index in [0.717, 1.165) is 38.7 Å². The molecule has 2 rings (SSSR count). The van der Waals surface area contributed by atoms with Crippen LogP contribution in [0.15, 0.2) is 23.2 Å². The number of aliphatic imine (C=N–C) groups is 1. The molecule has 1 unspecified atom stereocenters. The number of nitrogens with zero attached hydrogens (tertiary/aromatic N) is 3. The van der Waals surface area contributed by atoms with Crippen molar-refractivity contribution in [3.8, 4) is 0 Å². The van der Waals surface area contributed by atoms with Gasteiger partial charge in [-0.3, -0.25) is 9.89 Å². The average Bonchev–Trinajstić information content (AvgIpc) is 2.62. The van der Waals surface area contributed by atoms with Gasteiger partial charge in [-0.15, -0.1) is 24.0 Å². The molecule has 148 valence electrons. The van der Waals surface area contributed by atoms with Crippen molar-refractivity contribution in [2.75, 3.05) is 45.9 Å². The molecule has 1 aliphatic rings. The highest BCUT2D eigenvalue weighted by Gasteiger charge is 2.21. The maximum absolute atomic E-state index is 13.9. The van der Waals surface area contributed by atoms with Gasteiger partial charge in [0.25, 0.3) is 0 Å².